The van der Waals surface area contributed by atoms with E-state index in [1.807, 2.05) is 0 Å². The standard InChI is InChI=1S/C9H8BrFN2O/c10-6-3-9(14)13(5-6)7-1-2-12-8(11)4-7/h1-2,4,6H,3,5H2. The van der Waals surface area contributed by atoms with Crippen molar-refractivity contribution in [2.24, 2.45) is 0 Å². The Morgan fingerprint density at radius 2 is 2.43 bits per heavy atom. The quantitative estimate of drug-likeness (QED) is 0.568. The molecule has 1 aliphatic rings. The molecule has 0 aromatic carbocycles. The van der Waals surface area contributed by atoms with Gasteiger partial charge in [-0.15, -0.1) is 0 Å². The molecule has 2 heterocycles. The van der Waals surface area contributed by atoms with Crippen LogP contribution in [0.15, 0.2) is 18.3 Å². The molecule has 0 spiro atoms. The highest BCUT2D eigenvalue weighted by molar-refractivity contribution is 9.09. The number of rotatable bonds is 1. The number of nitrogens with zero attached hydrogens (tertiary/aromatic N) is 2. The predicted molar refractivity (Wildman–Crippen MR) is 53.9 cm³/mol. The van der Waals surface area contributed by atoms with Gasteiger partial charge in [0.05, 0.1) is 0 Å². The Labute approximate surface area is 89.1 Å². The van der Waals surface area contributed by atoms with Crippen LogP contribution in [0.4, 0.5) is 10.1 Å². The molecule has 74 valence electrons. The summed E-state index contributed by atoms with van der Waals surface area (Å²) < 4.78 is 12.8. The number of aromatic nitrogens is 1. The number of amides is 1. The summed E-state index contributed by atoms with van der Waals surface area (Å²) in [6, 6.07) is 2.90. The van der Waals surface area contributed by atoms with Crippen LogP contribution in [0.25, 0.3) is 0 Å². The molecular formula is C9H8BrFN2O. The van der Waals surface area contributed by atoms with E-state index in [-0.39, 0.29) is 10.7 Å². The Morgan fingerprint density at radius 1 is 1.64 bits per heavy atom. The topological polar surface area (TPSA) is 33.2 Å². The van der Waals surface area contributed by atoms with E-state index >= 15 is 0 Å². The molecule has 1 fully saturated rings. The van der Waals surface area contributed by atoms with Crippen molar-refractivity contribution in [2.45, 2.75) is 11.2 Å². The van der Waals surface area contributed by atoms with Crippen molar-refractivity contribution in [2.75, 3.05) is 11.4 Å². The zero-order valence-corrected chi connectivity index (χ0v) is 8.87. The van der Waals surface area contributed by atoms with Crippen LogP contribution in [-0.2, 0) is 4.79 Å². The number of anilines is 1. The van der Waals surface area contributed by atoms with Crippen LogP contribution in [0.3, 0.4) is 0 Å². The highest BCUT2D eigenvalue weighted by atomic mass is 79.9. The van der Waals surface area contributed by atoms with E-state index in [9.17, 15) is 9.18 Å². The number of carbonyl (C=O) groups excluding carboxylic acids is 1. The molecule has 5 heteroatoms. The Kier molecular flexibility index (Phi) is 2.50. The number of halogens is 2. The minimum absolute atomic E-state index is 0.0116. The van der Waals surface area contributed by atoms with E-state index in [4.69, 9.17) is 0 Å². The van der Waals surface area contributed by atoms with Gasteiger partial charge in [0.1, 0.15) is 0 Å². The molecule has 1 unspecified atom stereocenters. The maximum atomic E-state index is 12.8. The van der Waals surface area contributed by atoms with Gasteiger partial charge >= 0.3 is 0 Å². The van der Waals surface area contributed by atoms with Crippen LogP contribution in [0.2, 0.25) is 0 Å². The minimum Gasteiger partial charge on any atom is -0.311 e. The van der Waals surface area contributed by atoms with Crippen molar-refractivity contribution in [3.8, 4) is 0 Å². The second-order valence-electron chi connectivity index (χ2n) is 3.14. The maximum absolute atomic E-state index is 12.8. The lowest BCUT2D eigenvalue weighted by atomic mass is 10.3. The van der Waals surface area contributed by atoms with Gasteiger partial charge in [0.2, 0.25) is 11.9 Å². The van der Waals surface area contributed by atoms with E-state index in [0.717, 1.165) is 0 Å². The van der Waals surface area contributed by atoms with Gasteiger partial charge in [-0.3, -0.25) is 4.79 Å². The fourth-order valence-electron chi connectivity index (χ4n) is 1.47. The van der Waals surface area contributed by atoms with E-state index in [1.165, 1.54) is 12.3 Å². The van der Waals surface area contributed by atoms with Crippen molar-refractivity contribution in [1.82, 2.24) is 4.98 Å². The van der Waals surface area contributed by atoms with Crippen LogP contribution in [-0.4, -0.2) is 22.3 Å². The van der Waals surface area contributed by atoms with Gasteiger partial charge in [0.15, 0.2) is 0 Å². The van der Waals surface area contributed by atoms with Crippen LogP contribution in [0.5, 0.6) is 0 Å². The first kappa shape index (κ1) is 9.58. The minimum atomic E-state index is -0.562. The largest absolute Gasteiger partial charge is 0.311 e. The van der Waals surface area contributed by atoms with Crippen LogP contribution >= 0.6 is 15.9 Å². The van der Waals surface area contributed by atoms with Crippen LogP contribution in [0.1, 0.15) is 6.42 Å². The first-order valence-corrected chi connectivity index (χ1v) is 5.14. The molecule has 14 heavy (non-hydrogen) atoms. The number of carbonyl (C=O) groups is 1. The number of hydrogen-bond acceptors (Lipinski definition) is 2. The molecule has 2 rings (SSSR count). The fraction of sp³-hybridized carbons (Fsp3) is 0.333. The van der Waals surface area contributed by atoms with Crippen molar-refractivity contribution < 1.29 is 9.18 Å². The molecular weight excluding hydrogens is 251 g/mol. The lowest BCUT2D eigenvalue weighted by Gasteiger charge is -2.15. The van der Waals surface area contributed by atoms with E-state index < -0.39 is 5.95 Å². The van der Waals surface area contributed by atoms with Gasteiger partial charge < -0.3 is 4.90 Å². The second-order valence-corrected chi connectivity index (χ2v) is 4.44. The SMILES string of the molecule is O=C1CC(Br)CN1c1ccnc(F)c1. The number of pyridine rings is 1. The maximum Gasteiger partial charge on any atom is 0.228 e. The Morgan fingerprint density at radius 3 is 3.00 bits per heavy atom. The summed E-state index contributed by atoms with van der Waals surface area (Å²) in [5.74, 6) is -0.550. The zero-order chi connectivity index (χ0) is 10.1. The van der Waals surface area contributed by atoms with Gasteiger partial charge in [0, 0.05) is 35.7 Å². The molecule has 0 N–H and O–H groups in total. The van der Waals surface area contributed by atoms with E-state index in [1.54, 1.807) is 11.0 Å². The monoisotopic (exact) mass is 258 g/mol. The third kappa shape index (κ3) is 1.77. The summed E-state index contributed by atoms with van der Waals surface area (Å²) in [4.78, 5) is 16.6. The van der Waals surface area contributed by atoms with Gasteiger partial charge in [-0.05, 0) is 6.07 Å². The molecule has 1 amide bonds. The predicted octanol–water partition coefficient (Wildman–Crippen LogP) is 1.72. The summed E-state index contributed by atoms with van der Waals surface area (Å²) in [5, 5.41) is 0. The first-order chi connectivity index (χ1) is 6.66. The van der Waals surface area contributed by atoms with Gasteiger partial charge in [-0.1, -0.05) is 15.9 Å². The Balaban J connectivity index is 2.27. The third-order valence-electron chi connectivity index (χ3n) is 2.10. The first-order valence-electron chi connectivity index (χ1n) is 4.23. The molecule has 3 nitrogen and oxygen atoms in total. The highest BCUT2D eigenvalue weighted by Gasteiger charge is 2.28. The van der Waals surface area contributed by atoms with Crippen molar-refractivity contribution in [1.29, 1.82) is 0 Å². The molecule has 1 saturated heterocycles. The second kappa shape index (κ2) is 3.65. The summed E-state index contributed by atoms with van der Waals surface area (Å²) in [6.45, 7) is 0.586. The normalized spacial score (nSPS) is 21.7. The number of alkyl halides is 1. The summed E-state index contributed by atoms with van der Waals surface area (Å²) in [5.41, 5.74) is 0.574. The Bertz CT molecular complexity index is 372. The summed E-state index contributed by atoms with van der Waals surface area (Å²) >= 11 is 3.36. The molecule has 0 aliphatic carbocycles. The molecule has 0 saturated carbocycles. The van der Waals surface area contributed by atoms with E-state index in [0.29, 0.717) is 18.7 Å². The molecule has 0 radical (unpaired) electrons. The molecule has 1 aromatic heterocycles. The van der Waals surface area contributed by atoms with Crippen molar-refractivity contribution >= 4 is 27.5 Å². The lowest BCUT2D eigenvalue weighted by Crippen LogP contribution is -2.24. The van der Waals surface area contributed by atoms with Gasteiger partial charge in [-0.25, -0.2) is 4.98 Å². The molecule has 0 bridgehead atoms. The average molecular weight is 259 g/mol. The summed E-state index contributed by atoms with van der Waals surface area (Å²) in [6.07, 6.45) is 1.82. The van der Waals surface area contributed by atoms with Crippen molar-refractivity contribution in [3.05, 3.63) is 24.3 Å². The number of hydrogen-bond donors (Lipinski definition) is 0. The van der Waals surface area contributed by atoms with Gasteiger partial charge in [0.25, 0.3) is 0 Å². The van der Waals surface area contributed by atoms with Crippen molar-refractivity contribution in [3.63, 3.8) is 0 Å². The highest BCUT2D eigenvalue weighted by Crippen LogP contribution is 2.24. The fourth-order valence-corrected chi connectivity index (χ4v) is 2.04. The smallest absolute Gasteiger partial charge is 0.228 e. The summed E-state index contributed by atoms with van der Waals surface area (Å²) in [7, 11) is 0. The van der Waals surface area contributed by atoms with E-state index in [2.05, 4.69) is 20.9 Å². The lowest BCUT2D eigenvalue weighted by molar-refractivity contribution is -0.117. The molecule has 1 aliphatic heterocycles. The zero-order valence-electron chi connectivity index (χ0n) is 7.28. The Hall–Kier alpha value is -0.970. The van der Waals surface area contributed by atoms with Crippen LogP contribution < -0.4 is 4.90 Å². The van der Waals surface area contributed by atoms with Crippen LogP contribution in [0, 0.1) is 5.95 Å². The molecule has 1 aromatic rings. The van der Waals surface area contributed by atoms with Gasteiger partial charge in [-0.2, -0.15) is 4.39 Å². The third-order valence-corrected chi connectivity index (χ3v) is 2.71. The average Bonchev–Trinajstić information content (AvgIpc) is 2.45. The molecule has 1 atom stereocenters.